The molecule has 5 N–H and O–H groups in total. The molecule has 0 unspecified atom stereocenters. The van der Waals surface area contributed by atoms with Gasteiger partial charge in [-0.2, -0.15) is 15.6 Å². The molecular formula is C16H23N6OPS. The molecule has 1 saturated heterocycles. The molecule has 2 aromatic rings. The second kappa shape index (κ2) is 9.26. The predicted octanol–water partition coefficient (Wildman–Crippen LogP) is 2.28. The zero-order valence-corrected chi connectivity index (χ0v) is 15.5. The number of ether oxygens (including phenoxy) is 1. The standard InChI is InChI=1S/C16H23N6OPS/c25-24(21-22-11-13-23-14-12-22,19-17-15-7-3-1-4-8-15)20-18-16-9-5-2-6-10-16/h1-10,17-18H,11-14H2,(H3,19,20,21,25). The fraction of sp³-hybridized carbons (Fsp3) is 0.250. The predicted molar refractivity (Wildman–Crippen MR) is 106 cm³/mol. The second-order valence-electron chi connectivity index (χ2n) is 5.51. The smallest absolute Gasteiger partial charge is 0.186 e. The molecule has 1 fully saturated rings. The van der Waals surface area contributed by atoms with Gasteiger partial charge in [0.15, 0.2) is 6.49 Å². The van der Waals surface area contributed by atoms with Crippen LogP contribution in [-0.4, -0.2) is 31.3 Å². The van der Waals surface area contributed by atoms with E-state index in [-0.39, 0.29) is 0 Å². The lowest BCUT2D eigenvalue weighted by Crippen LogP contribution is -2.49. The maximum absolute atomic E-state index is 5.85. The lowest BCUT2D eigenvalue weighted by Gasteiger charge is -2.34. The van der Waals surface area contributed by atoms with Crippen molar-refractivity contribution in [2.45, 2.75) is 0 Å². The van der Waals surface area contributed by atoms with Gasteiger partial charge in [0.25, 0.3) is 0 Å². The van der Waals surface area contributed by atoms with E-state index in [0.29, 0.717) is 13.2 Å². The van der Waals surface area contributed by atoms with Crippen molar-refractivity contribution in [2.24, 2.45) is 0 Å². The molecule has 0 amide bonds. The summed E-state index contributed by atoms with van der Waals surface area (Å²) in [6, 6.07) is 19.7. The fourth-order valence-electron chi connectivity index (χ4n) is 2.27. The molecule has 0 saturated carbocycles. The van der Waals surface area contributed by atoms with Crippen molar-refractivity contribution in [3.05, 3.63) is 60.7 Å². The van der Waals surface area contributed by atoms with Crippen LogP contribution in [0.25, 0.3) is 0 Å². The van der Waals surface area contributed by atoms with Crippen LogP contribution in [0, 0.1) is 0 Å². The van der Waals surface area contributed by atoms with Gasteiger partial charge in [-0.05, 0) is 36.1 Å². The van der Waals surface area contributed by atoms with Crippen LogP contribution in [0.3, 0.4) is 0 Å². The van der Waals surface area contributed by atoms with Crippen molar-refractivity contribution < 1.29 is 4.74 Å². The number of para-hydroxylation sites is 2. The quantitative estimate of drug-likeness (QED) is 0.354. The van der Waals surface area contributed by atoms with E-state index in [2.05, 4.69) is 31.4 Å². The first-order valence-corrected chi connectivity index (χ1v) is 10.9. The Morgan fingerprint density at radius 1 is 0.800 bits per heavy atom. The van der Waals surface area contributed by atoms with Gasteiger partial charge in [-0.3, -0.25) is 0 Å². The molecule has 0 radical (unpaired) electrons. The summed E-state index contributed by atoms with van der Waals surface area (Å²) in [6.07, 6.45) is 0. The van der Waals surface area contributed by atoms with E-state index in [1.165, 1.54) is 0 Å². The molecule has 7 nitrogen and oxygen atoms in total. The van der Waals surface area contributed by atoms with Crippen molar-refractivity contribution in [3.63, 3.8) is 0 Å². The lowest BCUT2D eigenvalue weighted by atomic mass is 10.3. The summed E-state index contributed by atoms with van der Waals surface area (Å²) in [5, 5.41) is 12.0. The monoisotopic (exact) mass is 378 g/mol. The molecule has 25 heavy (non-hydrogen) atoms. The van der Waals surface area contributed by atoms with E-state index in [4.69, 9.17) is 16.5 Å². The van der Waals surface area contributed by atoms with Crippen molar-refractivity contribution in [3.8, 4) is 0 Å². The maximum Gasteiger partial charge on any atom is 0.186 e. The van der Waals surface area contributed by atoms with E-state index in [1.807, 2.05) is 60.7 Å². The summed E-state index contributed by atoms with van der Waals surface area (Å²) in [5.41, 5.74) is 8.26. The van der Waals surface area contributed by atoms with E-state index >= 15 is 0 Å². The highest BCUT2D eigenvalue weighted by Crippen LogP contribution is 2.31. The van der Waals surface area contributed by atoms with Crippen LogP contribution in [0.4, 0.5) is 11.4 Å². The first-order chi connectivity index (χ1) is 12.2. The van der Waals surface area contributed by atoms with Crippen LogP contribution >= 0.6 is 6.49 Å². The Hall–Kier alpha value is -1.51. The largest absolute Gasteiger partial charge is 0.379 e. The molecular weight excluding hydrogens is 355 g/mol. The van der Waals surface area contributed by atoms with Crippen LogP contribution in [-0.2, 0) is 16.5 Å². The third-order valence-electron chi connectivity index (χ3n) is 3.56. The summed E-state index contributed by atoms with van der Waals surface area (Å²) in [7, 11) is 0. The fourth-order valence-corrected chi connectivity index (χ4v) is 4.22. The average Bonchev–Trinajstić information content (AvgIpc) is 2.68. The minimum Gasteiger partial charge on any atom is -0.379 e. The molecule has 1 heterocycles. The van der Waals surface area contributed by atoms with Gasteiger partial charge in [-0.1, -0.05) is 36.4 Å². The van der Waals surface area contributed by atoms with Crippen LogP contribution in [0.5, 0.6) is 0 Å². The number of hydrazine groups is 3. The second-order valence-corrected chi connectivity index (χ2v) is 9.02. The Morgan fingerprint density at radius 3 is 1.76 bits per heavy atom. The summed E-state index contributed by atoms with van der Waals surface area (Å²) < 4.78 is 5.40. The third kappa shape index (κ3) is 6.05. The zero-order valence-electron chi connectivity index (χ0n) is 13.8. The molecule has 0 atom stereocenters. The highest BCUT2D eigenvalue weighted by Gasteiger charge is 2.21. The first kappa shape index (κ1) is 18.3. The van der Waals surface area contributed by atoms with E-state index < -0.39 is 6.49 Å². The minimum absolute atomic E-state index is 0.695. The lowest BCUT2D eigenvalue weighted by molar-refractivity contribution is 0.0274. The van der Waals surface area contributed by atoms with Gasteiger partial charge in [0.1, 0.15) is 0 Å². The summed E-state index contributed by atoms with van der Waals surface area (Å²) in [4.78, 5) is 0. The zero-order chi connectivity index (χ0) is 17.4. The molecule has 0 spiro atoms. The van der Waals surface area contributed by atoms with Crippen molar-refractivity contribution in [1.82, 2.24) is 20.6 Å². The van der Waals surface area contributed by atoms with Crippen molar-refractivity contribution >= 4 is 29.7 Å². The molecule has 9 heteroatoms. The maximum atomic E-state index is 5.85. The summed E-state index contributed by atoms with van der Waals surface area (Å²) in [6.45, 7) is 0.583. The molecule has 134 valence electrons. The van der Waals surface area contributed by atoms with Crippen LogP contribution < -0.4 is 26.4 Å². The summed E-state index contributed by atoms with van der Waals surface area (Å²) in [5.74, 6) is 0. The number of nitrogens with zero attached hydrogens (tertiary/aromatic N) is 1. The van der Waals surface area contributed by atoms with Crippen molar-refractivity contribution in [1.29, 1.82) is 0 Å². The highest BCUT2D eigenvalue weighted by atomic mass is 32.4. The van der Waals surface area contributed by atoms with E-state index in [0.717, 1.165) is 24.5 Å². The van der Waals surface area contributed by atoms with Crippen LogP contribution in [0.2, 0.25) is 0 Å². The van der Waals surface area contributed by atoms with Crippen LogP contribution in [0.15, 0.2) is 60.7 Å². The number of morpholine rings is 1. The third-order valence-corrected chi connectivity index (χ3v) is 5.77. The molecule has 3 rings (SSSR count). The Labute approximate surface area is 153 Å². The number of hydrogen-bond acceptors (Lipinski definition) is 5. The number of anilines is 2. The van der Waals surface area contributed by atoms with Gasteiger partial charge in [0.2, 0.25) is 0 Å². The SMILES string of the molecule is S=P(NNc1ccccc1)(NNc1ccccc1)NN1CCOCC1. The van der Waals surface area contributed by atoms with Gasteiger partial charge < -0.3 is 15.6 Å². The van der Waals surface area contributed by atoms with Gasteiger partial charge in [0.05, 0.1) is 13.2 Å². The molecule has 1 aliphatic rings. The highest BCUT2D eigenvalue weighted by molar-refractivity contribution is 8.11. The Kier molecular flexibility index (Phi) is 6.77. The first-order valence-electron chi connectivity index (χ1n) is 8.11. The van der Waals surface area contributed by atoms with Gasteiger partial charge >= 0.3 is 0 Å². The molecule has 0 aromatic heterocycles. The van der Waals surface area contributed by atoms with Gasteiger partial charge in [-0.15, -0.1) is 0 Å². The Balaban J connectivity index is 1.64. The number of nitrogens with one attached hydrogen (secondary N) is 5. The van der Waals surface area contributed by atoms with Crippen LogP contribution in [0.1, 0.15) is 0 Å². The molecule has 1 aliphatic heterocycles. The Bertz CT molecular complexity index is 636. The minimum atomic E-state index is -2.39. The Morgan fingerprint density at radius 2 is 1.28 bits per heavy atom. The van der Waals surface area contributed by atoms with Gasteiger partial charge in [-0.25, -0.2) is 5.01 Å². The van der Waals surface area contributed by atoms with Crippen molar-refractivity contribution in [2.75, 3.05) is 37.2 Å². The van der Waals surface area contributed by atoms with Gasteiger partial charge in [0, 0.05) is 24.5 Å². The average molecular weight is 378 g/mol. The normalized spacial score (nSPS) is 15.7. The number of hydrogen-bond donors (Lipinski definition) is 5. The molecule has 0 aliphatic carbocycles. The van der Waals surface area contributed by atoms with E-state index in [9.17, 15) is 0 Å². The number of benzene rings is 2. The summed E-state index contributed by atoms with van der Waals surface area (Å²) >= 11 is 5.85. The molecule has 0 bridgehead atoms. The topological polar surface area (TPSA) is 72.6 Å². The number of rotatable bonds is 8. The van der Waals surface area contributed by atoms with E-state index in [1.54, 1.807) is 0 Å². The molecule has 2 aromatic carbocycles.